The Kier molecular flexibility index (Phi) is 6.36. The van der Waals surface area contributed by atoms with E-state index in [9.17, 15) is 24.3 Å². The number of carbonyl (C=O) groups is 4. The predicted octanol–water partition coefficient (Wildman–Crippen LogP) is 1.27. The van der Waals surface area contributed by atoms with Crippen molar-refractivity contribution >= 4 is 23.7 Å². The Labute approximate surface area is 186 Å². The summed E-state index contributed by atoms with van der Waals surface area (Å²) in [7, 11) is 0. The SMILES string of the molecule is C=C(C)C(=O)O[C@H]1[C@H]2C(=C)C(=O)O[C@@H]2C[C@@H](C)[C@@H]2O[C@H]2C(=O)[C@](C)(O)[C@@H]1OC(=O)C(C)C. The molecule has 0 bridgehead atoms. The summed E-state index contributed by atoms with van der Waals surface area (Å²) in [5, 5.41) is 11.4. The third kappa shape index (κ3) is 4.23. The molecule has 9 heteroatoms. The summed E-state index contributed by atoms with van der Waals surface area (Å²) in [6, 6.07) is 0. The van der Waals surface area contributed by atoms with Crippen LogP contribution in [0.1, 0.15) is 41.0 Å². The molecule has 3 aliphatic rings. The number of hydrogen-bond acceptors (Lipinski definition) is 9. The van der Waals surface area contributed by atoms with E-state index >= 15 is 0 Å². The minimum absolute atomic E-state index is 0.00407. The molecule has 0 radical (unpaired) electrons. The quantitative estimate of drug-likeness (QED) is 0.291. The number of ether oxygens (including phenoxy) is 4. The molecule has 9 nitrogen and oxygen atoms in total. The van der Waals surface area contributed by atoms with Crippen LogP contribution in [0.15, 0.2) is 24.3 Å². The Morgan fingerprint density at radius 3 is 2.44 bits per heavy atom. The molecule has 0 spiro atoms. The molecule has 2 saturated heterocycles. The van der Waals surface area contributed by atoms with Crippen molar-refractivity contribution in [2.24, 2.45) is 17.8 Å². The molecular formula is C23H30O9. The van der Waals surface area contributed by atoms with Crippen molar-refractivity contribution in [2.45, 2.75) is 77.2 Å². The number of hydrogen-bond donors (Lipinski definition) is 1. The first-order chi connectivity index (χ1) is 14.8. The van der Waals surface area contributed by atoms with Gasteiger partial charge in [0, 0.05) is 11.1 Å². The van der Waals surface area contributed by atoms with E-state index < -0.39 is 71.6 Å². The van der Waals surface area contributed by atoms with Crippen molar-refractivity contribution in [3.63, 3.8) is 0 Å². The van der Waals surface area contributed by atoms with Gasteiger partial charge in [0.1, 0.15) is 12.2 Å². The van der Waals surface area contributed by atoms with Crippen molar-refractivity contribution in [1.82, 2.24) is 0 Å². The minimum atomic E-state index is -2.28. The molecular weight excluding hydrogens is 420 g/mol. The third-order valence-corrected chi connectivity index (χ3v) is 6.28. The highest BCUT2D eigenvalue weighted by atomic mass is 16.6. The first-order valence-corrected chi connectivity index (χ1v) is 10.7. The molecule has 0 aromatic heterocycles. The molecule has 0 aromatic rings. The lowest BCUT2D eigenvalue weighted by Crippen LogP contribution is -2.60. The smallest absolute Gasteiger partial charge is 0.334 e. The molecule has 176 valence electrons. The van der Waals surface area contributed by atoms with Gasteiger partial charge in [-0.2, -0.15) is 0 Å². The monoisotopic (exact) mass is 450 g/mol. The Hall–Kier alpha value is -2.52. The molecule has 32 heavy (non-hydrogen) atoms. The number of ketones is 1. The second kappa shape index (κ2) is 8.44. The highest BCUT2D eigenvalue weighted by Gasteiger charge is 2.63. The lowest BCUT2D eigenvalue weighted by molar-refractivity contribution is -0.199. The van der Waals surface area contributed by atoms with Crippen LogP contribution in [0, 0.1) is 17.8 Å². The average molecular weight is 450 g/mol. The molecule has 2 heterocycles. The molecule has 0 amide bonds. The van der Waals surface area contributed by atoms with Crippen LogP contribution in [0.2, 0.25) is 0 Å². The molecule has 1 aliphatic carbocycles. The lowest BCUT2D eigenvalue weighted by Gasteiger charge is -2.40. The maximum Gasteiger partial charge on any atom is 0.334 e. The summed E-state index contributed by atoms with van der Waals surface area (Å²) < 4.78 is 22.2. The van der Waals surface area contributed by atoms with E-state index in [4.69, 9.17) is 18.9 Å². The highest BCUT2D eigenvalue weighted by Crippen LogP contribution is 2.45. The van der Waals surface area contributed by atoms with Gasteiger partial charge in [-0.25, -0.2) is 9.59 Å². The van der Waals surface area contributed by atoms with Crippen LogP contribution >= 0.6 is 0 Å². The van der Waals surface area contributed by atoms with Crippen LogP contribution in [0.5, 0.6) is 0 Å². The van der Waals surface area contributed by atoms with Gasteiger partial charge in [0.2, 0.25) is 0 Å². The number of fused-ring (bicyclic) bond motifs is 2. The van der Waals surface area contributed by atoms with Crippen LogP contribution in [0.3, 0.4) is 0 Å². The molecule has 2 aliphatic heterocycles. The fourth-order valence-electron chi connectivity index (χ4n) is 4.26. The summed E-state index contributed by atoms with van der Waals surface area (Å²) in [4.78, 5) is 50.7. The van der Waals surface area contributed by atoms with Crippen molar-refractivity contribution in [2.75, 3.05) is 0 Å². The Balaban J connectivity index is 2.15. The van der Waals surface area contributed by atoms with Crippen LogP contribution in [-0.4, -0.2) is 64.9 Å². The van der Waals surface area contributed by atoms with Crippen LogP contribution in [0.4, 0.5) is 0 Å². The zero-order valence-electron chi connectivity index (χ0n) is 19.0. The van der Waals surface area contributed by atoms with Crippen LogP contribution < -0.4 is 0 Å². The summed E-state index contributed by atoms with van der Waals surface area (Å²) >= 11 is 0. The van der Waals surface area contributed by atoms with Gasteiger partial charge >= 0.3 is 17.9 Å². The van der Waals surface area contributed by atoms with E-state index in [-0.39, 0.29) is 17.1 Å². The van der Waals surface area contributed by atoms with E-state index in [1.165, 1.54) is 13.8 Å². The number of esters is 3. The van der Waals surface area contributed by atoms with Gasteiger partial charge in [-0.1, -0.05) is 33.9 Å². The Morgan fingerprint density at radius 2 is 1.88 bits per heavy atom. The Morgan fingerprint density at radius 1 is 1.25 bits per heavy atom. The second-order valence-corrected chi connectivity index (χ2v) is 9.40. The summed E-state index contributed by atoms with van der Waals surface area (Å²) in [5.74, 6) is -4.67. The van der Waals surface area contributed by atoms with Crippen LogP contribution in [0.25, 0.3) is 0 Å². The van der Waals surface area contributed by atoms with Crippen molar-refractivity contribution in [3.8, 4) is 0 Å². The molecule has 1 N–H and O–H groups in total. The number of epoxide rings is 1. The van der Waals surface area contributed by atoms with Gasteiger partial charge in [0.15, 0.2) is 23.6 Å². The normalized spacial score (nSPS) is 39.0. The molecule has 0 aromatic carbocycles. The van der Waals surface area contributed by atoms with E-state index in [1.807, 2.05) is 6.92 Å². The van der Waals surface area contributed by atoms with E-state index in [1.54, 1.807) is 13.8 Å². The minimum Gasteiger partial charge on any atom is -0.458 e. The van der Waals surface area contributed by atoms with Crippen molar-refractivity contribution < 1.29 is 43.2 Å². The lowest BCUT2D eigenvalue weighted by atomic mass is 9.75. The van der Waals surface area contributed by atoms with Gasteiger partial charge in [-0.05, 0) is 26.2 Å². The van der Waals surface area contributed by atoms with Gasteiger partial charge in [-0.3, -0.25) is 9.59 Å². The first-order valence-electron chi connectivity index (χ1n) is 10.7. The fourth-order valence-corrected chi connectivity index (χ4v) is 4.26. The van der Waals surface area contributed by atoms with Gasteiger partial charge < -0.3 is 24.1 Å². The van der Waals surface area contributed by atoms with Crippen LogP contribution in [-0.2, 0) is 38.1 Å². The fraction of sp³-hybridized carbons (Fsp3) is 0.652. The maximum absolute atomic E-state index is 13.2. The van der Waals surface area contributed by atoms with Crippen molar-refractivity contribution in [1.29, 1.82) is 0 Å². The summed E-state index contributed by atoms with van der Waals surface area (Å²) in [6.07, 6.45) is -4.91. The topological polar surface area (TPSA) is 129 Å². The first kappa shape index (κ1) is 24.1. The molecule has 0 unspecified atom stereocenters. The van der Waals surface area contributed by atoms with Gasteiger partial charge in [0.05, 0.1) is 17.9 Å². The van der Waals surface area contributed by atoms with E-state index in [0.717, 1.165) is 0 Å². The second-order valence-electron chi connectivity index (χ2n) is 9.40. The molecule has 8 atom stereocenters. The summed E-state index contributed by atoms with van der Waals surface area (Å²) in [6.45, 7) is 15.0. The van der Waals surface area contributed by atoms with E-state index in [2.05, 4.69) is 13.2 Å². The average Bonchev–Trinajstić information content (AvgIpc) is 3.45. The number of aliphatic hydroxyl groups is 1. The highest BCUT2D eigenvalue weighted by molar-refractivity contribution is 5.95. The summed E-state index contributed by atoms with van der Waals surface area (Å²) in [5.41, 5.74) is -2.23. The zero-order valence-corrected chi connectivity index (χ0v) is 19.0. The molecule has 1 saturated carbocycles. The zero-order chi connectivity index (χ0) is 24.1. The number of Topliss-reactive ketones (excluding diaryl/α,β-unsaturated/α-hetero) is 1. The third-order valence-electron chi connectivity index (χ3n) is 6.28. The predicted molar refractivity (Wildman–Crippen MR) is 110 cm³/mol. The number of carbonyl (C=O) groups excluding carboxylic acids is 4. The standard InChI is InChI=1S/C23H30O9/c1-9(2)20(25)31-16-14-12(6)22(27)29-13(14)8-11(5)15-17(30-15)18(24)23(7,28)19(16)32-21(26)10(3)4/h10-11,13-17,19,28H,1,6,8H2,2-5,7H3/t11-,13-,14+,15+,16+,17-,19-,23+/m1/s1. The Bertz CT molecular complexity index is 871. The molecule has 3 rings (SSSR count). The molecule has 3 fully saturated rings. The maximum atomic E-state index is 13.2. The van der Waals surface area contributed by atoms with Crippen molar-refractivity contribution in [3.05, 3.63) is 24.3 Å². The largest absolute Gasteiger partial charge is 0.458 e. The van der Waals surface area contributed by atoms with E-state index in [0.29, 0.717) is 6.42 Å². The number of rotatable bonds is 4. The van der Waals surface area contributed by atoms with Gasteiger partial charge in [-0.15, -0.1) is 0 Å². The van der Waals surface area contributed by atoms with Gasteiger partial charge in [0.25, 0.3) is 0 Å².